The minimum atomic E-state index is -0.762. The van der Waals surface area contributed by atoms with Gasteiger partial charge in [0.05, 0.1) is 0 Å². The van der Waals surface area contributed by atoms with Gasteiger partial charge in [0.15, 0.2) is 5.82 Å². The SMILES string of the molecule is CC1(CC(=O)Nc2c(F)cc3c(c2F)CCN(c2ccc(F)cc2)C3)CC1. The second-order valence-corrected chi connectivity index (χ2v) is 7.87. The molecule has 1 N–H and O–H groups in total. The molecule has 4 rings (SSSR count). The Morgan fingerprint density at radius 2 is 1.89 bits per heavy atom. The van der Waals surface area contributed by atoms with Crippen molar-refractivity contribution < 1.29 is 18.0 Å². The van der Waals surface area contributed by atoms with Crippen LogP contribution in [-0.2, 0) is 17.8 Å². The van der Waals surface area contributed by atoms with E-state index in [2.05, 4.69) is 5.32 Å². The molecular formula is C21H21F3N2O. The van der Waals surface area contributed by atoms with E-state index < -0.39 is 11.6 Å². The zero-order valence-electron chi connectivity index (χ0n) is 15.1. The number of amides is 1. The number of benzene rings is 2. The molecule has 0 bridgehead atoms. The summed E-state index contributed by atoms with van der Waals surface area (Å²) in [6, 6.07) is 7.33. The summed E-state index contributed by atoms with van der Waals surface area (Å²) in [5.74, 6) is -2.12. The number of nitrogens with one attached hydrogen (secondary N) is 1. The third-order valence-electron chi connectivity index (χ3n) is 5.55. The highest BCUT2D eigenvalue weighted by Crippen LogP contribution is 2.48. The van der Waals surface area contributed by atoms with E-state index in [0.29, 0.717) is 30.6 Å². The highest BCUT2D eigenvalue weighted by molar-refractivity contribution is 5.91. The Labute approximate surface area is 156 Å². The first kappa shape index (κ1) is 17.9. The molecule has 142 valence electrons. The van der Waals surface area contributed by atoms with E-state index in [1.54, 1.807) is 12.1 Å². The Hall–Kier alpha value is -2.50. The lowest BCUT2D eigenvalue weighted by atomic mass is 9.97. The average Bonchev–Trinajstić information content (AvgIpc) is 3.35. The number of carbonyl (C=O) groups is 1. The fourth-order valence-corrected chi connectivity index (χ4v) is 3.60. The van der Waals surface area contributed by atoms with E-state index in [4.69, 9.17) is 0 Å². The van der Waals surface area contributed by atoms with Crippen molar-refractivity contribution in [3.05, 3.63) is 58.9 Å². The Morgan fingerprint density at radius 3 is 2.56 bits per heavy atom. The van der Waals surface area contributed by atoms with Gasteiger partial charge in [-0.05, 0) is 66.1 Å². The molecule has 27 heavy (non-hydrogen) atoms. The fraction of sp³-hybridized carbons (Fsp3) is 0.381. The van der Waals surface area contributed by atoms with Crippen LogP contribution in [-0.4, -0.2) is 12.5 Å². The zero-order valence-corrected chi connectivity index (χ0v) is 15.1. The van der Waals surface area contributed by atoms with Gasteiger partial charge in [-0.25, -0.2) is 13.2 Å². The van der Waals surface area contributed by atoms with Crippen LogP contribution in [0.3, 0.4) is 0 Å². The van der Waals surface area contributed by atoms with E-state index in [1.807, 2.05) is 11.8 Å². The standard InChI is InChI=1S/C21H21F3N2O/c1-21(7-8-21)11-18(27)25-20-17(23)10-13-12-26(9-6-16(13)19(20)24)15-4-2-14(22)3-5-15/h2-5,10H,6-9,11-12H2,1H3,(H,25,27). The van der Waals surface area contributed by atoms with Gasteiger partial charge in [-0.1, -0.05) is 6.92 Å². The van der Waals surface area contributed by atoms with E-state index >= 15 is 0 Å². The molecule has 2 aromatic carbocycles. The second kappa shape index (κ2) is 6.59. The van der Waals surface area contributed by atoms with E-state index in [0.717, 1.165) is 18.5 Å². The molecule has 1 fully saturated rings. The number of hydrogen-bond donors (Lipinski definition) is 1. The summed E-state index contributed by atoms with van der Waals surface area (Å²) < 4.78 is 42.5. The van der Waals surface area contributed by atoms with Gasteiger partial charge in [-0.2, -0.15) is 0 Å². The molecule has 0 unspecified atom stereocenters. The predicted octanol–water partition coefficient (Wildman–Crippen LogP) is 4.80. The van der Waals surface area contributed by atoms with Crippen molar-refractivity contribution in [3.63, 3.8) is 0 Å². The maximum absolute atomic E-state index is 14.9. The van der Waals surface area contributed by atoms with Crippen LogP contribution in [0.1, 0.15) is 37.3 Å². The maximum Gasteiger partial charge on any atom is 0.225 e. The van der Waals surface area contributed by atoms with Crippen molar-refractivity contribution in [2.75, 3.05) is 16.8 Å². The van der Waals surface area contributed by atoms with Crippen LogP contribution in [0.4, 0.5) is 24.5 Å². The molecule has 1 aliphatic carbocycles. The molecule has 2 aromatic rings. The summed E-state index contributed by atoms with van der Waals surface area (Å²) in [4.78, 5) is 14.1. The minimum absolute atomic E-state index is 0.0269. The Kier molecular flexibility index (Phi) is 4.36. The van der Waals surface area contributed by atoms with E-state index in [1.165, 1.54) is 18.2 Å². The number of nitrogens with zero attached hydrogens (tertiary/aromatic N) is 1. The monoisotopic (exact) mass is 374 g/mol. The lowest BCUT2D eigenvalue weighted by Crippen LogP contribution is -2.31. The quantitative estimate of drug-likeness (QED) is 0.834. The molecule has 0 aromatic heterocycles. The Morgan fingerprint density at radius 1 is 1.19 bits per heavy atom. The first-order valence-corrected chi connectivity index (χ1v) is 9.15. The van der Waals surface area contributed by atoms with Crippen LogP contribution < -0.4 is 10.2 Å². The summed E-state index contributed by atoms with van der Waals surface area (Å²) in [6.45, 7) is 2.87. The molecule has 0 atom stereocenters. The van der Waals surface area contributed by atoms with Gasteiger partial charge in [0.2, 0.25) is 5.91 Å². The summed E-state index contributed by atoms with van der Waals surface area (Å²) >= 11 is 0. The van der Waals surface area contributed by atoms with Crippen LogP contribution in [0.5, 0.6) is 0 Å². The number of rotatable bonds is 4. The van der Waals surface area contributed by atoms with Crippen molar-refractivity contribution in [3.8, 4) is 0 Å². The fourth-order valence-electron chi connectivity index (χ4n) is 3.60. The number of fused-ring (bicyclic) bond motifs is 1. The average molecular weight is 374 g/mol. The van der Waals surface area contributed by atoms with Crippen LogP contribution in [0.15, 0.2) is 30.3 Å². The molecular weight excluding hydrogens is 353 g/mol. The largest absolute Gasteiger partial charge is 0.367 e. The molecule has 3 nitrogen and oxygen atoms in total. The number of hydrogen-bond acceptors (Lipinski definition) is 2. The van der Waals surface area contributed by atoms with Gasteiger partial charge in [0.1, 0.15) is 17.3 Å². The highest BCUT2D eigenvalue weighted by atomic mass is 19.1. The summed E-state index contributed by atoms with van der Waals surface area (Å²) in [5.41, 5.74) is 1.41. The van der Waals surface area contributed by atoms with E-state index in [9.17, 15) is 18.0 Å². The molecule has 2 aliphatic rings. The van der Waals surface area contributed by atoms with Crippen molar-refractivity contribution in [1.82, 2.24) is 0 Å². The van der Waals surface area contributed by atoms with Gasteiger partial charge >= 0.3 is 0 Å². The Bertz CT molecular complexity index is 891. The molecule has 0 radical (unpaired) electrons. The van der Waals surface area contributed by atoms with Gasteiger partial charge in [0, 0.05) is 25.2 Å². The molecule has 6 heteroatoms. The maximum atomic E-state index is 14.9. The molecule has 1 heterocycles. The summed E-state index contributed by atoms with van der Waals surface area (Å²) in [7, 11) is 0. The van der Waals surface area contributed by atoms with E-state index in [-0.39, 0.29) is 29.2 Å². The number of anilines is 2. The first-order chi connectivity index (χ1) is 12.8. The smallest absolute Gasteiger partial charge is 0.225 e. The topological polar surface area (TPSA) is 32.3 Å². The van der Waals surface area contributed by atoms with Gasteiger partial charge in [0.25, 0.3) is 0 Å². The lowest BCUT2D eigenvalue weighted by molar-refractivity contribution is -0.117. The van der Waals surface area contributed by atoms with Crippen LogP contribution in [0, 0.1) is 22.9 Å². The second-order valence-electron chi connectivity index (χ2n) is 7.87. The van der Waals surface area contributed by atoms with Gasteiger partial charge in [-0.3, -0.25) is 4.79 Å². The van der Waals surface area contributed by atoms with Crippen LogP contribution in [0.25, 0.3) is 0 Å². The third-order valence-corrected chi connectivity index (χ3v) is 5.55. The van der Waals surface area contributed by atoms with Gasteiger partial charge < -0.3 is 10.2 Å². The van der Waals surface area contributed by atoms with Crippen molar-refractivity contribution in [2.24, 2.45) is 5.41 Å². The highest BCUT2D eigenvalue weighted by Gasteiger charge is 2.39. The first-order valence-electron chi connectivity index (χ1n) is 9.15. The van der Waals surface area contributed by atoms with Gasteiger partial charge in [-0.15, -0.1) is 0 Å². The summed E-state index contributed by atoms with van der Waals surface area (Å²) in [6.07, 6.45) is 2.60. The lowest BCUT2D eigenvalue weighted by Gasteiger charge is -2.31. The van der Waals surface area contributed by atoms with Crippen molar-refractivity contribution in [1.29, 1.82) is 0 Å². The molecule has 0 spiro atoms. The molecule has 1 aliphatic heterocycles. The predicted molar refractivity (Wildman–Crippen MR) is 98.1 cm³/mol. The van der Waals surface area contributed by atoms with Crippen molar-refractivity contribution >= 4 is 17.3 Å². The number of halogens is 3. The van der Waals surface area contributed by atoms with Crippen LogP contribution >= 0.6 is 0 Å². The molecule has 1 amide bonds. The molecule has 1 saturated carbocycles. The number of carbonyl (C=O) groups excluding carboxylic acids is 1. The minimum Gasteiger partial charge on any atom is -0.367 e. The molecule has 0 saturated heterocycles. The van der Waals surface area contributed by atoms with Crippen LogP contribution in [0.2, 0.25) is 0 Å². The van der Waals surface area contributed by atoms with Crippen molar-refractivity contribution in [2.45, 2.75) is 39.2 Å². The Balaban J connectivity index is 1.55. The normalized spacial score (nSPS) is 17.4. The zero-order chi connectivity index (χ0) is 19.2. The summed E-state index contributed by atoms with van der Waals surface area (Å²) in [5, 5.41) is 2.43. The third kappa shape index (κ3) is 3.66.